The lowest BCUT2D eigenvalue weighted by atomic mass is 10.0. The van der Waals surface area contributed by atoms with Gasteiger partial charge in [-0.1, -0.05) is 6.08 Å². The van der Waals surface area contributed by atoms with Crippen LogP contribution in [0.3, 0.4) is 0 Å². The normalized spacial score (nSPS) is 18.4. The van der Waals surface area contributed by atoms with Crippen molar-refractivity contribution >= 4 is 17.0 Å². The summed E-state index contributed by atoms with van der Waals surface area (Å²) >= 11 is 0. The Balaban J connectivity index is 1.42. The second-order valence-corrected chi connectivity index (χ2v) is 8.24. The molecular formula is C22H29N3O2. The van der Waals surface area contributed by atoms with Crippen LogP contribution in [0.4, 0.5) is 0 Å². The standard InChI is InChI=1S/C22H29N3O2/c1-22(2,3)27-20(26)7-5-14-25-15-12-17(16-25)8-10-19-11-9-18-6-4-13-23-21(18)24-19/h4-7,9,11,13,17H,8,10,12,14-16H2,1-3H3/b7-5+/t17-/m1/s1. The molecule has 1 aliphatic rings. The first-order chi connectivity index (χ1) is 12.9. The van der Waals surface area contributed by atoms with Crippen LogP contribution in [0.15, 0.2) is 42.6 Å². The molecule has 2 aromatic heterocycles. The van der Waals surface area contributed by atoms with Crippen LogP contribution in [0.1, 0.15) is 39.3 Å². The Morgan fingerprint density at radius 3 is 3.00 bits per heavy atom. The van der Waals surface area contributed by atoms with Gasteiger partial charge in [0.15, 0.2) is 5.65 Å². The van der Waals surface area contributed by atoms with Crippen molar-refractivity contribution in [2.45, 2.75) is 45.6 Å². The highest BCUT2D eigenvalue weighted by Gasteiger charge is 2.21. The molecule has 0 bridgehead atoms. The molecule has 0 aliphatic carbocycles. The third-order valence-electron chi connectivity index (χ3n) is 4.72. The van der Waals surface area contributed by atoms with Crippen LogP contribution in [0, 0.1) is 5.92 Å². The molecule has 0 amide bonds. The number of rotatable bonds is 6. The number of pyridine rings is 2. The number of nitrogens with zero attached hydrogens (tertiary/aromatic N) is 3. The van der Waals surface area contributed by atoms with Crippen LogP contribution in [-0.2, 0) is 16.0 Å². The molecule has 3 rings (SSSR count). The lowest BCUT2D eigenvalue weighted by Crippen LogP contribution is -2.23. The number of carbonyl (C=O) groups is 1. The first-order valence-electron chi connectivity index (χ1n) is 9.71. The fourth-order valence-corrected chi connectivity index (χ4v) is 3.43. The summed E-state index contributed by atoms with van der Waals surface area (Å²) in [5.41, 5.74) is 1.51. The molecule has 3 heterocycles. The van der Waals surface area contributed by atoms with Gasteiger partial charge in [-0.3, -0.25) is 4.90 Å². The Bertz CT molecular complexity index is 811. The monoisotopic (exact) mass is 367 g/mol. The first-order valence-corrected chi connectivity index (χ1v) is 9.71. The minimum Gasteiger partial charge on any atom is -0.457 e. The maximum Gasteiger partial charge on any atom is 0.330 e. The molecule has 1 fully saturated rings. The van der Waals surface area contributed by atoms with Gasteiger partial charge in [-0.2, -0.15) is 0 Å². The lowest BCUT2D eigenvalue weighted by molar-refractivity contribution is -0.148. The van der Waals surface area contributed by atoms with E-state index in [2.05, 4.69) is 27.0 Å². The summed E-state index contributed by atoms with van der Waals surface area (Å²) in [6.07, 6.45) is 8.57. The van der Waals surface area contributed by atoms with Gasteiger partial charge >= 0.3 is 5.97 Å². The number of likely N-dealkylation sites (tertiary alicyclic amines) is 1. The summed E-state index contributed by atoms with van der Waals surface area (Å²) < 4.78 is 5.29. The molecule has 0 spiro atoms. The molecule has 0 saturated carbocycles. The Labute approximate surface area is 161 Å². The van der Waals surface area contributed by atoms with Crippen molar-refractivity contribution in [3.05, 3.63) is 48.3 Å². The zero-order chi connectivity index (χ0) is 19.3. The van der Waals surface area contributed by atoms with Crippen LogP contribution in [0.5, 0.6) is 0 Å². The zero-order valence-electron chi connectivity index (χ0n) is 16.5. The highest BCUT2D eigenvalue weighted by molar-refractivity contribution is 5.82. The maximum absolute atomic E-state index is 11.7. The average molecular weight is 367 g/mol. The van der Waals surface area contributed by atoms with E-state index in [-0.39, 0.29) is 5.97 Å². The number of fused-ring (bicyclic) bond motifs is 1. The second kappa shape index (κ2) is 8.61. The van der Waals surface area contributed by atoms with Gasteiger partial charge in [0.1, 0.15) is 5.60 Å². The molecule has 1 saturated heterocycles. The fraction of sp³-hybridized carbons (Fsp3) is 0.500. The SMILES string of the molecule is CC(C)(C)OC(=O)/C=C/CN1CC[C@@H](CCc2ccc3cccnc3n2)C1. The number of hydrogen-bond donors (Lipinski definition) is 0. The number of ether oxygens (including phenoxy) is 1. The number of aromatic nitrogens is 2. The molecule has 0 radical (unpaired) electrons. The fourth-order valence-electron chi connectivity index (χ4n) is 3.43. The van der Waals surface area contributed by atoms with Crippen LogP contribution in [-0.4, -0.2) is 46.1 Å². The van der Waals surface area contributed by atoms with Crippen LogP contribution >= 0.6 is 0 Å². The minimum atomic E-state index is -0.438. The predicted octanol–water partition coefficient (Wildman–Crippen LogP) is 3.78. The second-order valence-electron chi connectivity index (χ2n) is 8.24. The van der Waals surface area contributed by atoms with Crippen molar-refractivity contribution in [3.8, 4) is 0 Å². The van der Waals surface area contributed by atoms with E-state index in [9.17, 15) is 4.79 Å². The molecule has 1 atom stereocenters. The van der Waals surface area contributed by atoms with E-state index in [1.165, 1.54) is 6.42 Å². The number of aryl methyl sites for hydroxylation is 1. The summed E-state index contributed by atoms with van der Waals surface area (Å²) in [4.78, 5) is 23.1. The van der Waals surface area contributed by atoms with Gasteiger partial charge in [0, 0.05) is 36.4 Å². The van der Waals surface area contributed by atoms with Gasteiger partial charge in [0.25, 0.3) is 0 Å². The summed E-state index contributed by atoms with van der Waals surface area (Å²) in [6.45, 7) is 8.59. The zero-order valence-corrected chi connectivity index (χ0v) is 16.5. The topological polar surface area (TPSA) is 55.3 Å². The largest absolute Gasteiger partial charge is 0.457 e. The van der Waals surface area contributed by atoms with Gasteiger partial charge in [-0.15, -0.1) is 0 Å². The third-order valence-corrected chi connectivity index (χ3v) is 4.72. The quantitative estimate of drug-likeness (QED) is 0.574. The highest BCUT2D eigenvalue weighted by Crippen LogP contribution is 2.21. The van der Waals surface area contributed by atoms with Gasteiger partial charge in [-0.05, 0) is 76.8 Å². The number of carbonyl (C=O) groups excluding carboxylic acids is 1. The molecule has 0 unspecified atom stereocenters. The van der Waals surface area contributed by atoms with Crippen molar-refractivity contribution in [2.24, 2.45) is 5.92 Å². The van der Waals surface area contributed by atoms with E-state index in [0.717, 1.165) is 49.2 Å². The van der Waals surface area contributed by atoms with E-state index in [4.69, 9.17) is 4.74 Å². The Morgan fingerprint density at radius 1 is 1.33 bits per heavy atom. The summed E-state index contributed by atoms with van der Waals surface area (Å²) in [7, 11) is 0. The molecule has 1 aliphatic heterocycles. The Hall–Kier alpha value is -2.27. The average Bonchev–Trinajstić information content (AvgIpc) is 3.06. The van der Waals surface area contributed by atoms with Crippen molar-refractivity contribution in [1.82, 2.24) is 14.9 Å². The smallest absolute Gasteiger partial charge is 0.330 e. The maximum atomic E-state index is 11.7. The van der Waals surface area contributed by atoms with Crippen LogP contribution in [0.2, 0.25) is 0 Å². The van der Waals surface area contributed by atoms with Crippen molar-refractivity contribution in [3.63, 3.8) is 0 Å². The van der Waals surface area contributed by atoms with Crippen molar-refractivity contribution in [1.29, 1.82) is 0 Å². The lowest BCUT2D eigenvalue weighted by Gasteiger charge is -2.18. The van der Waals surface area contributed by atoms with E-state index in [0.29, 0.717) is 5.92 Å². The molecular weight excluding hydrogens is 338 g/mol. The van der Waals surface area contributed by atoms with E-state index >= 15 is 0 Å². The van der Waals surface area contributed by atoms with Gasteiger partial charge in [0.05, 0.1) is 0 Å². The predicted molar refractivity (Wildman–Crippen MR) is 107 cm³/mol. The van der Waals surface area contributed by atoms with Crippen LogP contribution < -0.4 is 0 Å². The molecule has 27 heavy (non-hydrogen) atoms. The molecule has 144 valence electrons. The van der Waals surface area contributed by atoms with E-state index in [1.54, 1.807) is 12.3 Å². The van der Waals surface area contributed by atoms with Gasteiger partial charge < -0.3 is 4.74 Å². The molecule has 0 aromatic carbocycles. The summed E-state index contributed by atoms with van der Waals surface area (Å²) in [5.74, 6) is 0.412. The van der Waals surface area contributed by atoms with Crippen molar-refractivity contribution < 1.29 is 9.53 Å². The highest BCUT2D eigenvalue weighted by atomic mass is 16.6. The van der Waals surface area contributed by atoms with Crippen LogP contribution in [0.25, 0.3) is 11.0 Å². The molecule has 5 nitrogen and oxygen atoms in total. The molecule has 5 heteroatoms. The van der Waals surface area contributed by atoms with Crippen molar-refractivity contribution in [2.75, 3.05) is 19.6 Å². The Morgan fingerprint density at radius 2 is 2.19 bits per heavy atom. The first kappa shape index (κ1) is 19.5. The number of hydrogen-bond acceptors (Lipinski definition) is 5. The van der Waals surface area contributed by atoms with E-state index in [1.807, 2.05) is 39.0 Å². The molecule has 0 N–H and O–H groups in total. The summed E-state index contributed by atoms with van der Waals surface area (Å²) in [5, 5.41) is 1.09. The Kier molecular flexibility index (Phi) is 6.22. The van der Waals surface area contributed by atoms with E-state index < -0.39 is 5.60 Å². The minimum absolute atomic E-state index is 0.269. The van der Waals surface area contributed by atoms with Gasteiger partial charge in [-0.25, -0.2) is 14.8 Å². The number of esters is 1. The third kappa shape index (κ3) is 6.14. The molecule has 2 aromatic rings. The summed E-state index contributed by atoms with van der Waals surface area (Å²) in [6, 6.07) is 8.19. The van der Waals surface area contributed by atoms with Gasteiger partial charge in [0.2, 0.25) is 0 Å².